The second-order valence-electron chi connectivity index (χ2n) is 5.45. The van der Waals surface area contributed by atoms with E-state index < -0.39 is 18.8 Å². The molecule has 0 spiro atoms. The monoisotopic (exact) mass is 372 g/mol. The first-order valence-electron chi connectivity index (χ1n) is 8.58. The molecule has 8 heteroatoms. The molecule has 0 aliphatic rings. The van der Waals surface area contributed by atoms with Gasteiger partial charge in [-0.1, -0.05) is 13.8 Å². The van der Waals surface area contributed by atoms with E-state index in [-0.39, 0.29) is 16.8 Å². The molecule has 0 saturated carbocycles. The van der Waals surface area contributed by atoms with Gasteiger partial charge in [0.05, 0.1) is 5.56 Å². The molecule has 27 heavy (non-hydrogen) atoms. The number of hydrogen-bond donors (Lipinski definition) is 4. The minimum Gasteiger partial charge on any atom is -0.455 e. The van der Waals surface area contributed by atoms with Gasteiger partial charge in [-0.05, 0) is 30.3 Å². The van der Waals surface area contributed by atoms with Crippen molar-refractivity contribution in [1.29, 1.82) is 0 Å². The summed E-state index contributed by atoms with van der Waals surface area (Å²) in [6.45, 7) is 4.00. The maximum atomic E-state index is 13.2. The molecule has 1 amide bonds. The third kappa shape index (κ3) is 3.96. The van der Waals surface area contributed by atoms with Crippen LogP contribution in [0.4, 0.5) is 10.1 Å². The van der Waals surface area contributed by atoms with Crippen LogP contribution in [0.15, 0.2) is 40.8 Å². The van der Waals surface area contributed by atoms with E-state index in [0.29, 0.717) is 22.2 Å². The van der Waals surface area contributed by atoms with Crippen molar-refractivity contribution in [2.24, 2.45) is 0 Å². The smallest absolute Gasteiger partial charge is 0.455 e. The minimum atomic E-state index is -1.71. The average Bonchev–Trinajstić information content (AvgIpc) is 3.06. The van der Waals surface area contributed by atoms with E-state index in [1.165, 1.54) is 37.4 Å². The summed E-state index contributed by atoms with van der Waals surface area (Å²) in [6, 6.07) is 8.66. The molecule has 3 rings (SSSR count). The Balaban J connectivity index is 0.00000126. The number of rotatable bonds is 4. The zero-order chi connectivity index (χ0) is 20.1. The first-order valence-corrected chi connectivity index (χ1v) is 8.58. The van der Waals surface area contributed by atoms with Gasteiger partial charge in [0, 0.05) is 42.3 Å². The lowest BCUT2D eigenvalue weighted by molar-refractivity contribution is 0.0964. The summed E-state index contributed by atoms with van der Waals surface area (Å²) >= 11 is 0. The lowest BCUT2D eigenvalue weighted by Crippen LogP contribution is -2.32. The molecule has 1 heterocycles. The molecular weight excluding hydrogens is 350 g/mol. The Hall–Kier alpha value is -2.84. The maximum Gasteiger partial charge on any atom is 0.490 e. The second kappa shape index (κ2) is 8.70. The summed E-state index contributed by atoms with van der Waals surface area (Å²) in [4.78, 5) is 12.4. The van der Waals surface area contributed by atoms with Crippen molar-refractivity contribution in [2.45, 2.75) is 13.8 Å². The molecule has 0 saturated heterocycles. The van der Waals surface area contributed by atoms with Crippen molar-refractivity contribution in [3.63, 3.8) is 0 Å². The fraction of sp³-hybridized carbons (Fsp3) is 0.211. The summed E-state index contributed by atoms with van der Waals surface area (Å²) in [5.74, 6) is -0.515. The van der Waals surface area contributed by atoms with Gasteiger partial charge in [-0.2, -0.15) is 0 Å². The number of fused-ring (bicyclic) bond motifs is 1. The number of carbonyl (C=O) groups is 1. The van der Waals surface area contributed by atoms with Crippen molar-refractivity contribution in [2.75, 3.05) is 19.4 Å². The van der Waals surface area contributed by atoms with Crippen LogP contribution in [0.2, 0.25) is 0 Å². The highest BCUT2D eigenvalue weighted by Crippen LogP contribution is 2.34. The maximum absolute atomic E-state index is 13.2. The number of benzene rings is 2. The molecule has 0 atom stereocenters. The Morgan fingerprint density at radius 3 is 2.26 bits per heavy atom. The number of amides is 1. The summed E-state index contributed by atoms with van der Waals surface area (Å²) in [6.07, 6.45) is 0. The van der Waals surface area contributed by atoms with E-state index in [1.807, 2.05) is 13.8 Å². The molecule has 0 fully saturated rings. The lowest BCUT2D eigenvalue weighted by Gasteiger charge is -2.08. The largest absolute Gasteiger partial charge is 0.490 e. The van der Waals surface area contributed by atoms with E-state index in [4.69, 9.17) is 4.42 Å². The summed E-state index contributed by atoms with van der Waals surface area (Å²) in [7, 11) is 1.41. The first kappa shape index (κ1) is 20.5. The quantitative estimate of drug-likeness (QED) is 0.528. The molecular formula is C19H22BFN2O4. The van der Waals surface area contributed by atoms with Crippen LogP contribution in [0.25, 0.3) is 22.3 Å². The SMILES string of the molecule is CC.CNC(=O)c1c(-c2ccc(F)cc2)oc2cc(NC)c(B(O)O)cc12. The van der Waals surface area contributed by atoms with Gasteiger partial charge >= 0.3 is 7.12 Å². The number of furan rings is 1. The summed E-state index contributed by atoms with van der Waals surface area (Å²) in [5.41, 5.74) is 1.85. The van der Waals surface area contributed by atoms with Gasteiger partial charge in [0.2, 0.25) is 0 Å². The summed E-state index contributed by atoms with van der Waals surface area (Å²) < 4.78 is 19.0. The molecule has 4 N–H and O–H groups in total. The van der Waals surface area contributed by atoms with Gasteiger partial charge in [0.25, 0.3) is 5.91 Å². The number of anilines is 1. The topological polar surface area (TPSA) is 94.7 Å². The predicted octanol–water partition coefficient (Wildman–Crippen LogP) is 2.35. The summed E-state index contributed by atoms with van der Waals surface area (Å²) in [5, 5.41) is 25.0. The minimum absolute atomic E-state index is 0.214. The van der Waals surface area contributed by atoms with Gasteiger partial charge in [-0.3, -0.25) is 4.79 Å². The fourth-order valence-corrected chi connectivity index (χ4v) is 2.74. The van der Waals surface area contributed by atoms with Crippen molar-refractivity contribution >= 4 is 35.1 Å². The van der Waals surface area contributed by atoms with Crippen LogP contribution >= 0.6 is 0 Å². The van der Waals surface area contributed by atoms with Crippen LogP contribution < -0.4 is 16.1 Å². The zero-order valence-electron chi connectivity index (χ0n) is 15.6. The van der Waals surface area contributed by atoms with E-state index >= 15 is 0 Å². The third-order valence-electron chi connectivity index (χ3n) is 3.97. The fourth-order valence-electron chi connectivity index (χ4n) is 2.74. The van der Waals surface area contributed by atoms with Crippen molar-refractivity contribution in [3.05, 3.63) is 47.8 Å². The molecule has 142 valence electrons. The Bertz CT molecular complexity index is 939. The molecule has 0 aliphatic heterocycles. The number of carbonyl (C=O) groups excluding carboxylic acids is 1. The molecule has 0 unspecified atom stereocenters. The van der Waals surface area contributed by atoms with E-state index in [9.17, 15) is 19.2 Å². The van der Waals surface area contributed by atoms with Crippen molar-refractivity contribution < 1.29 is 23.7 Å². The Kier molecular flexibility index (Phi) is 6.60. The van der Waals surface area contributed by atoms with E-state index in [1.54, 1.807) is 13.1 Å². The van der Waals surface area contributed by atoms with E-state index in [2.05, 4.69) is 10.6 Å². The van der Waals surface area contributed by atoms with E-state index in [0.717, 1.165) is 0 Å². The van der Waals surface area contributed by atoms with Crippen molar-refractivity contribution in [1.82, 2.24) is 5.32 Å². The average molecular weight is 372 g/mol. The van der Waals surface area contributed by atoms with Gasteiger partial charge in [-0.25, -0.2) is 4.39 Å². The van der Waals surface area contributed by atoms with Gasteiger partial charge in [-0.15, -0.1) is 0 Å². The number of halogens is 1. The normalized spacial score (nSPS) is 10.2. The second-order valence-corrected chi connectivity index (χ2v) is 5.45. The lowest BCUT2D eigenvalue weighted by atomic mass is 9.78. The molecule has 2 aromatic carbocycles. The molecule has 0 aliphatic carbocycles. The van der Waals surface area contributed by atoms with Gasteiger partial charge in [0.1, 0.15) is 17.2 Å². The van der Waals surface area contributed by atoms with Crippen LogP contribution in [0.1, 0.15) is 24.2 Å². The Labute approximate surface area is 157 Å². The zero-order valence-corrected chi connectivity index (χ0v) is 15.6. The highest BCUT2D eigenvalue weighted by atomic mass is 19.1. The molecule has 6 nitrogen and oxygen atoms in total. The Morgan fingerprint density at radius 1 is 1.11 bits per heavy atom. The highest BCUT2D eigenvalue weighted by Gasteiger charge is 2.25. The van der Waals surface area contributed by atoms with Crippen LogP contribution in [0, 0.1) is 5.82 Å². The molecule has 3 aromatic rings. The van der Waals surface area contributed by atoms with Crippen LogP contribution in [-0.2, 0) is 0 Å². The first-order chi connectivity index (χ1) is 13.0. The predicted molar refractivity (Wildman–Crippen MR) is 106 cm³/mol. The van der Waals surface area contributed by atoms with Crippen LogP contribution in [0.3, 0.4) is 0 Å². The number of nitrogens with one attached hydrogen (secondary N) is 2. The van der Waals surface area contributed by atoms with Gasteiger partial charge in [0.15, 0.2) is 0 Å². The number of hydrogen-bond acceptors (Lipinski definition) is 5. The molecule has 0 bridgehead atoms. The molecule has 0 radical (unpaired) electrons. The highest BCUT2D eigenvalue weighted by molar-refractivity contribution is 6.61. The standard InChI is InChI=1S/C17H16BFN2O4.C2H6/c1-20-13-8-14-11(7-12(13)18(23)24)15(17(22)21-2)16(25-14)9-3-5-10(19)6-4-9;1-2/h3-8,20,23-24H,1-2H3,(H,21,22);1-2H3. The van der Waals surface area contributed by atoms with Crippen molar-refractivity contribution in [3.8, 4) is 11.3 Å². The Morgan fingerprint density at radius 2 is 1.74 bits per heavy atom. The third-order valence-corrected chi connectivity index (χ3v) is 3.97. The van der Waals surface area contributed by atoms with Gasteiger partial charge < -0.3 is 25.1 Å². The van der Waals surface area contributed by atoms with Crippen LogP contribution in [-0.4, -0.2) is 37.2 Å². The molecule has 1 aromatic heterocycles. The van der Waals surface area contributed by atoms with Crippen LogP contribution in [0.5, 0.6) is 0 Å².